The zero-order valence-electron chi connectivity index (χ0n) is 10.2. The molecule has 0 spiro atoms. The van der Waals surface area contributed by atoms with Crippen LogP contribution in [0.25, 0.3) is 0 Å². The Morgan fingerprint density at radius 1 is 1.39 bits per heavy atom. The lowest BCUT2D eigenvalue weighted by atomic mass is 10.1. The van der Waals surface area contributed by atoms with Gasteiger partial charge >= 0.3 is 0 Å². The molecule has 0 radical (unpaired) electrons. The smallest absolute Gasteiger partial charge is 0.240 e. The highest BCUT2D eigenvalue weighted by Crippen LogP contribution is 2.12. The van der Waals surface area contributed by atoms with E-state index in [9.17, 15) is 4.79 Å². The molecule has 0 unspecified atom stereocenters. The summed E-state index contributed by atoms with van der Waals surface area (Å²) in [6.07, 6.45) is 1.65. The van der Waals surface area contributed by atoms with Crippen LogP contribution in [-0.2, 0) is 18.4 Å². The van der Waals surface area contributed by atoms with Crippen LogP contribution in [0.15, 0.2) is 42.6 Å². The number of carbonyl (C=O) groups excluding carboxylic acids is 1. The summed E-state index contributed by atoms with van der Waals surface area (Å²) in [6.45, 7) is 0.583. The first kappa shape index (κ1) is 12.3. The number of nitrogens with zero attached hydrogens (tertiary/aromatic N) is 2. The standard InChI is InChI=1S/C13H16N4O/c1-17-11(7-8-16-17)12(13(14)18)15-9-10-5-3-2-4-6-10/h2-8,12,15H,9H2,1H3,(H2,14,18)/t12-/m0/s1. The molecule has 94 valence electrons. The Morgan fingerprint density at radius 2 is 2.11 bits per heavy atom. The second-order valence-electron chi connectivity index (χ2n) is 4.08. The molecular weight excluding hydrogens is 228 g/mol. The van der Waals surface area contributed by atoms with Crippen molar-refractivity contribution in [3.05, 3.63) is 53.9 Å². The highest BCUT2D eigenvalue weighted by atomic mass is 16.1. The van der Waals surface area contributed by atoms with Crippen molar-refractivity contribution in [2.75, 3.05) is 0 Å². The normalized spacial score (nSPS) is 12.3. The Morgan fingerprint density at radius 3 is 2.67 bits per heavy atom. The zero-order chi connectivity index (χ0) is 13.0. The molecule has 18 heavy (non-hydrogen) atoms. The summed E-state index contributed by atoms with van der Waals surface area (Å²) in [5.74, 6) is -0.408. The first-order valence-electron chi connectivity index (χ1n) is 5.73. The van der Waals surface area contributed by atoms with Gasteiger partial charge in [-0.05, 0) is 11.6 Å². The van der Waals surface area contributed by atoms with Crippen molar-refractivity contribution in [2.45, 2.75) is 12.6 Å². The molecule has 2 aromatic rings. The number of carbonyl (C=O) groups is 1. The fraction of sp³-hybridized carbons (Fsp3) is 0.231. The summed E-state index contributed by atoms with van der Waals surface area (Å²) in [7, 11) is 1.79. The van der Waals surface area contributed by atoms with E-state index < -0.39 is 11.9 Å². The average molecular weight is 244 g/mol. The predicted octanol–water partition coefficient (Wildman–Crippen LogP) is 0.736. The number of benzene rings is 1. The number of hydrogen-bond acceptors (Lipinski definition) is 3. The molecule has 3 N–H and O–H groups in total. The van der Waals surface area contributed by atoms with Crippen LogP contribution < -0.4 is 11.1 Å². The molecule has 0 aliphatic heterocycles. The van der Waals surface area contributed by atoms with Crippen LogP contribution in [0.4, 0.5) is 0 Å². The van der Waals surface area contributed by atoms with Gasteiger partial charge in [0.2, 0.25) is 5.91 Å². The van der Waals surface area contributed by atoms with E-state index in [0.29, 0.717) is 6.54 Å². The van der Waals surface area contributed by atoms with Crippen molar-refractivity contribution in [1.29, 1.82) is 0 Å². The molecule has 5 nitrogen and oxygen atoms in total. The van der Waals surface area contributed by atoms with Gasteiger partial charge in [0.05, 0.1) is 5.69 Å². The Bertz CT molecular complexity index is 521. The van der Waals surface area contributed by atoms with Gasteiger partial charge in [0.25, 0.3) is 0 Å². The number of nitrogens with two attached hydrogens (primary N) is 1. The number of amides is 1. The molecule has 1 heterocycles. The van der Waals surface area contributed by atoms with Crippen LogP contribution in [0.1, 0.15) is 17.3 Å². The van der Waals surface area contributed by atoms with Crippen molar-refractivity contribution < 1.29 is 4.79 Å². The van der Waals surface area contributed by atoms with Crippen molar-refractivity contribution >= 4 is 5.91 Å². The van der Waals surface area contributed by atoms with Gasteiger partial charge in [0.15, 0.2) is 0 Å². The van der Waals surface area contributed by atoms with Gasteiger partial charge in [-0.25, -0.2) is 0 Å². The molecule has 0 fully saturated rings. The minimum Gasteiger partial charge on any atom is -0.368 e. The average Bonchev–Trinajstić information content (AvgIpc) is 2.77. The molecule has 2 rings (SSSR count). The lowest BCUT2D eigenvalue weighted by molar-refractivity contribution is -0.120. The minimum absolute atomic E-state index is 0.408. The molecule has 5 heteroatoms. The van der Waals surface area contributed by atoms with E-state index in [4.69, 9.17) is 5.73 Å². The quantitative estimate of drug-likeness (QED) is 0.814. The number of primary amides is 1. The largest absolute Gasteiger partial charge is 0.368 e. The molecule has 1 atom stereocenters. The number of aromatic nitrogens is 2. The summed E-state index contributed by atoms with van der Waals surface area (Å²) >= 11 is 0. The summed E-state index contributed by atoms with van der Waals surface area (Å²) in [5, 5.41) is 7.19. The molecular formula is C13H16N4O. The van der Waals surface area contributed by atoms with E-state index in [2.05, 4.69) is 10.4 Å². The maximum absolute atomic E-state index is 11.5. The van der Waals surface area contributed by atoms with E-state index in [1.165, 1.54) is 0 Å². The Kier molecular flexibility index (Phi) is 3.74. The third-order valence-corrected chi connectivity index (χ3v) is 2.79. The van der Waals surface area contributed by atoms with Crippen LogP contribution in [0, 0.1) is 0 Å². The Hall–Kier alpha value is -2.14. The van der Waals surface area contributed by atoms with Crippen LogP contribution >= 0.6 is 0 Å². The SMILES string of the molecule is Cn1nccc1[C@H](NCc1ccccc1)C(N)=O. The Balaban J connectivity index is 2.09. The van der Waals surface area contributed by atoms with Crippen LogP contribution in [-0.4, -0.2) is 15.7 Å². The molecule has 0 saturated carbocycles. The summed E-state index contributed by atoms with van der Waals surface area (Å²) in [4.78, 5) is 11.5. The fourth-order valence-electron chi connectivity index (χ4n) is 1.83. The molecule has 0 bridgehead atoms. The summed E-state index contributed by atoms with van der Waals surface area (Å²) in [6, 6.07) is 11.1. The van der Waals surface area contributed by atoms with Crippen molar-refractivity contribution in [3.8, 4) is 0 Å². The molecule has 0 aliphatic carbocycles. The maximum Gasteiger partial charge on any atom is 0.240 e. The minimum atomic E-state index is -0.530. The number of hydrogen-bond donors (Lipinski definition) is 2. The van der Waals surface area contributed by atoms with Gasteiger partial charge in [-0.3, -0.25) is 14.8 Å². The van der Waals surface area contributed by atoms with Gasteiger partial charge in [-0.15, -0.1) is 0 Å². The zero-order valence-corrected chi connectivity index (χ0v) is 10.2. The topological polar surface area (TPSA) is 72.9 Å². The number of nitrogens with one attached hydrogen (secondary N) is 1. The summed E-state index contributed by atoms with van der Waals surface area (Å²) in [5.41, 5.74) is 7.28. The van der Waals surface area contributed by atoms with Crippen molar-refractivity contribution in [3.63, 3.8) is 0 Å². The first-order valence-corrected chi connectivity index (χ1v) is 5.73. The third-order valence-electron chi connectivity index (χ3n) is 2.79. The van der Waals surface area contributed by atoms with Gasteiger partial charge < -0.3 is 5.73 Å². The molecule has 0 saturated heterocycles. The second-order valence-corrected chi connectivity index (χ2v) is 4.08. The van der Waals surface area contributed by atoms with E-state index >= 15 is 0 Å². The first-order chi connectivity index (χ1) is 8.68. The van der Waals surface area contributed by atoms with Crippen molar-refractivity contribution in [1.82, 2.24) is 15.1 Å². The maximum atomic E-state index is 11.5. The van der Waals surface area contributed by atoms with Gasteiger partial charge in [-0.2, -0.15) is 5.10 Å². The molecule has 1 aromatic heterocycles. The van der Waals surface area contributed by atoms with E-state index in [-0.39, 0.29) is 0 Å². The molecule has 0 aliphatic rings. The summed E-state index contributed by atoms with van der Waals surface area (Å²) < 4.78 is 1.65. The van der Waals surface area contributed by atoms with Crippen LogP contribution in [0.3, 0.4) is 0 Å². The van der Waals surface area contributed by atoms with Crippen LogP contribution in [0.5, 0.6) is 0 Å². The van der Waals surface area contributed by atoms with E-state index in [1.807, 2.05) is 30.3 Å². The van der Waals surface area contributed by atoms with E-state index in [0.717, 1.165) is 11.3 Å². The fourth-order valence-corrected chi connectivity index (χ4v) is 1.83. The van der Waals surface area contributed by atoms with Crippen LogP contribution in [0.2, 0.25) is 0 Å². The highest BCUT2D eigenvalue weighted by Gasteiger charge is 2.19. The lowest BCUT2D eigenvalue weighted by Gasteiger charge is -2.15. The van der Waals surface area contributed by atoms with E-state index in [1.54, 1.807) is 24.0 Å². The monoisotopic (exact) mass is 244 g/mol. The molecule has 1 aromatic carbocycles. The van der Waals surface area contributed by atoms with Gasteiger partial charge in [0.1, 0.15) is 6.04 Å². The highest BCUT2D eigenvalue weighted by molar-refractivity contribution is 5.80. The molecule has 1 amide bonds. The van der Waals surface area contributed by atoms with Gasteiger partial charge in [-0.1, -0.05) is 30.3 Å². The lowest BCUT2D eigenvalue weighted by Crippen LogP contribution is -2.34. The number of aryl methyl sites for hydroxylation is 1. The predicted molar refractivity (Wildman–Crippen MR) is 68.4 cm³/mol. The Labute approximate surface area is 106 Å². The number of rotatable bonds is 5. The third kappa shape index (κ3) is 2.75. The second kappa shape index (κ2) is 5.46. The van der Waals surface area contributed by atoms with Gasteiger partial charge in [0, 0.05) is 19.8 Å². The van der Waals surface area contributed by atoms with Crippen molar-refractivity contribution in [2.24, 2.45) is 12.8 Å².